The molecule has 0 unspecified atom stereocenters. The number of halogens is 2. The molecule has 2 aromatic carbocycles. The molecule has 0 aliphatic rings. The Kier molecular flexibility index (Phi) is 6.09. The summed E-state index contributed by atoms with van der Waals surface area (Å²) >= 11 is 3.37. The number of rotatable bonds is 5. The van der Waals surface area contributed by atoms with Crippen LogP contribution in [0.5, 0.6) is 0 Å². The molecule has 0 saturated heterocycles. The van der Waals surface area contributed by atoms with Gasteiger partial charge in [0.15, 0.2) is 0 Å². The summed E-state index contributed by atoms with van der Waals surface area (Å²) in [7, 11) is 0. The van der Waals surface area contributed by atoms with Crippen LogP contribution in [0.15, 0.2) is 46.9 Å². The molecule has 2 aromatic rings. The van der Waals surface area contributed by atoms with E-state index in [1.807, 2.05) is 25.1 Å². The van der Waals surface area contributed by atoms with Gasteiger partial charge in [-0.05, 0) is 48.9 Å². The lowest BCUT2D eigenvalue weighted by atomic mass is 10.2. The van der Waals surface area contributed by atoms with Gasteiger partial charge in [-0.15, -0.1) is 0 Å². The molecule has 0 atom stereocenters. The van der Waals surface area contributed by atoms with Gasteiger partial charge in [0.1, 0.15) is 5.82 Å². The van der Waals surface area contributed by atoms with Gasteiger partial charge in [-0.25, -0.2) is 4.39 Å². The number of carbonyl (C=O) groups excluding carboxylic acids is 2. The van der Waals surface area contributed by atoms with Crippen molar-refractivity contribution in [3.63, 3.8) is 0 Å². The molecule has 0 spiro atoms. The maximum Gasteiger partial charge on any atom is 0.226 e. The van der Waals surface area contributed by atoms with Gasteiger partial charge in [0, 0.05) is 35.7 Å². The fourth-order valence-electron chi connectivity index (χ4n) is 2.31. The molecular formula is C18H18BrFN2O2. The Balaban J connectivity index is 2.01. The molecule has 24 heavy (non-hydrogen) atoms. The predicted molar refractivity (Wildman–Crippen MR) is 96.6 cm³/mol. The maximum absolute atomic E-state index is 13.3. The summed E-state index contributed by atoms with van der Waals surface area (Å²) in [6.07, 6.45) is 0.117. The second-order valence-electron chi connectivity index (χ2n) is 5.41. The van der Waals surface area contributed by atoms with Crippen molar-refractivity contribution in [2.75, 3.05) is 16.8 Å². The van der Waals surface area contributed by atoms with E-state index in [9.17, 15) is 14.0 Å². The van der Waals surface area contributed by atoms with Gasteiger partial charge < -0.3 is 10.2 Å². The van der Waals surface area contributed by atoms with Gasteiger partial charge >= 0.3 is 0 Å². The zero-order valence-electron chi connectivity index (χ0n) is 13.5. The lowest BCUT2D eigenvalue weighted by Gasteiger charge is -2.21. The Morgan fingerprint density at radius 1 is 1.21 bits per heavy atom. The van der Waals surface area contributed by atoms with Gasteiger partial charge in [-0.3, -0.25) is 9.59 Å². The van der Waals surface area contributed by atoms with E-state index in [2.05, 4.69) is 21.2 Å². The Morgan fingerprint density at radius 3 is 2.58 bits per heavy atom. The van der Waals surface area contributed by atoms with E-state index in [1.165, 1.54) is 30.0 Å². The largest absolute Gasteiger partial charge is 0.326 e. The van der Waals surface area contributed by atoms with Crippen molar-refractivity contribution in [1.29, 1.82) is 0 Å². The Bertz CT molecular complexity index is 764. The van der Waals surface area contributed by atoms with Crippen molar-refractivity contribution >= 4 is 39.1 Å². The Hall–Kier alpha value is -2.21. The topological polar surface area (TPSA) is 49.4 Å². The first-order chi connectivity index (χ1) is 11.4. The van der Waals surface area contributed by atoms with Gasteiger partial charge in [-0.2, -0.15) is 0 Å². The number of hydrogen-bond donors (Lipinski definition) is 1. The highest BCUT2D eigenvalue weighted by Crippen LogP contribution is 2.20. The van der Waals surface area contributed by atoms with Crippen molar-refractivity contribution in [3.8, 4) is 0 Å². The van der Waals surface area contributed by atoms with E-state index < -0.39 is 5.82 Å². The van der Waals surface area contributed by atoms with Gasteiger partial charge in [0.05, 0.1) is 0 Å². The van der Waals surface area contributed by atoms with Crippen molar-refractivity contribution < 1.29 is 14.0 Å². The zero-order chi connectivity index (χ0) is 17.7. The summed E-state index contributed by atoms with van der Waals surface area (Å²) < 4.78 is 14.3. The molecule has 0 radical (unpaired) electrons. The number of benzene rings is 2. The van der Waals surface area contributed by atoms with Crippen LogP contribution >= 0.6 is 15.9 Å². The summed E-state index contributed by atoms with van der Waals surface area (Å²) in [5.41, 5.74) is 2.10. The molecular weight excluding hydrogens is 375 g/mol. The number of aryl methyl sites for hydroxylation is 1. The number of nitrogens with one attached hydrogen (secondary N) is 1. The lowest BCUT2D eigenvalue weighted by molar-refractivity contribution is -0.117. The fourth-order valence-corrected chi connectivity index (χ4v) is 2.78. The molecule has 2 rings (SSSR count). The molecule has 0 bridgehead atoms. The highest BCUT2D eigenvalue weighted by atomic mass is 79.9. The van der Waals surface area contributed by atoms with Crippen LogP contribution in [0.4, 0.5) is 15.8 Å². The second kappa shape index (κ2) is 8.06. The van der Waals surface area contributed by atoms with E-state index in [1.54, 1.807) is 6.07 Å². The monoisotopic (exact) mass is 392 g/mol. The molecule has 4 nitrogen and oxygen atoms in total. The number of carbonyl (C=O) groups is 2. The molecule has 0 aliphatic heterocycles. The normalized spacial score (nSPS) is 10.3. The summed E-state index contributed by atoms with van der Waals surface area (Å²) in [4.78, 5) is 25.3. The van der Waals surface area contributed by atoms with Crippen molar-refractivity contribution in [3.05, 3.63) is 58.3 Å². The van der Waals surface area contributed by atoms with Crippen LogP contribution in [0.3, 0.4) is 0 Å². The summed E-state index contributed by atoms with van der Waals surface area (Å²) in [6.45, 7) is 3.47. The highest BCUT2D eigenvalue weighted by Gasteiger charge is 2.14. The third kappa shape index (κ3) is 4.89. The SMILES string of the molecule is CC(=O)N(CCC(=O)Nc1ccc(Br)cc1C)c1cccc(F)c1. The van der Waals surface area contributed by atoms with E-state index in [-0.39, 0.29) is 24.8 Å². The highest BCUT2D eigenvalue weighted by molar-refractivity contribution is 9.10. The van der Waals surface area contributed by atoms with Crippen molar-refractivity contribution in [1.82, 2.24) is 0 Å². The number of hydrogen-bond acceptors (Lipinski definition) is 2. The third-order valence-corrected chi connectivity index (χ3v) is 4.02. The van der Waals surface area contributed by atoms with Crippen LogP contribution < -0.4 is 10.2 Å². The van der Waals surface area contributed by atoms with Gasteiger partial charge in [0.2, 0.25) is 11.8 Å². The second-order valence-corrected chi connectivity index (χ2v) is 6.32. The first-order valence-electron chi connectivity index (χ1n) is 7.46. The lowest BCUT2D eigenvalue weighted by Crippen LogP contribution is -2.32. The van der Waals surface area contributed by atoms with Crippen LogP contribution in [0.1, 0.15) is 18.9 Å². The Labute approximate surface area is 148 Å². The smallest absolute Gasteiger partial charge is 0.226 e. The zero-order valence-corrected chi connectivity index (χ0v) is 15.1. The summed E-state index contributed by atoms with van der Waals surface area (Å²) in [5.74, 6) is -0.870. The average Bonchev–Trinajstić information content (AvgIpc) is 2.50. The molecule has 0 saturated carbocycles. The predicted octanol–water partition coefficient (Wildman–Crippen LogP) is 4.28. The quantitative estimate of drug-likeness (QED) is 0.825. The minimum Gasteiger partial charge on any atom is -0.326 e. The first-order valence-corrected chi connectivity index (χ1v) is 8.26. The third-order valence-electron chi connectivity index (χ3n) is 3.52. The number of nitrogens with zero attached hydrogens (tertiary/aromatic N) is 1. The number of amides is 2. The van der Waals surface area contributed by atoms with Crippen molar-refractivity contribution in [2.45, 2.75) is 20.3 Å². The van der Waals surface area contributed by atoms with E-state index in [4.69, 9.17) is 0 Å². The van der Waals surface area contributed by atoms with Gasteiger partial charge in [-0.1, -0.05) is 22.0 Å². The summed E-state index contributed by atoms with van der Waals surface area (Å²) in [6, 6.07) is 11.3. The van der Waals surface area contributed by atoms with E-state index in [0.717, 1.165) is 15.7 Å². The molecule has 126 valence electrons. The maximum atomic E-state index is 13.3. The average molecular weight is 393 g/mol. The molecule has 6 heteroatoms. The minimum absolute atomic E-state index is 0.117. The first kappa shape index (κ1) is 18.1. The minimum atomic E-state index is -0.423. The molecule has 0 aromatic heterocycles. The van der Waals surface area contributed by atoms with Gasteiger partial charge in [0.25, 0.3) is 0 Å². The molecule has 2 amide bonds. The van der Waals surface area contributed by atoms with Crippen molar-refractivity contribution in [2.24, 2.45) is 0 Å². The van der Waals surface area contributed by atoms with Crippen LogP contribution in [0.25, 0.3) is 0 Å². The summed E-state index contributed by atoms with van der Waals surface area (Å²) in [5, 5.41) is 2.82. The Morgan fingerprint density at radius 2 is 1.96 bits per heavy atom. The molecule has 0 aliphatic carbocycles. The number of anilines is 2. The molecule has 0 fully saturated rings. The molecule has 1 N–H and O–H groups in total. The van der Waals surface area contributed by atoms with Crippen LogP contribution in [-0.2, 0) is 9.59 Å². The van der Waals surface area contributed by atoms with E-state index >= 15 is 0 Å². The standard InChI is InChI=1S/C18H18BrFN2O2/c1-12-10-14(19)6-7-17(12)21-18(24)8-9-22(13(2)23)16-5-3-4-15(20)11-16/h3-7,10-11H,8-9H2,1-2H3,(H,21,24). The van der Waals surface area contributed by atoms with Crippen LogP contribution in [0.2, 0.25) is 0 Å². The van der Waals surface area contributed by atoms with E-state index in [0.29, 0.717) is 5.69 Å². The molecule has 0 heterocycles. The fraction of sp³-hybridized carbons (Fsp3) is 0.222. The van der Waals surface area contributed by atoms with Crippen LogP contribution in [0, 0.1) is 12.7 Å². The van der Waals surface area contributed by atoms with Crippen LogP contribution in [-0.4, -0.2) is 18.4 Å².